The van der Waals surface area contributed by atoms with Gasteiger partial charge in [-0.2, -0.15) is 0 Å². The summed E-state index contributed by atoms with van der Waals surface area (Å²) in [4.78, 5) is 21.6. The summed E-state index contributed by atoms with van der Waals surface area (Å²) < 4.78 is 9.21. The molecule has 0 aromatic carbocycles. The van der Waals surface area contributed by atoms with Crippen LogP contribution in [-0.2, 0) is 14.3 Å². The van der Waals surface area contributed by atoms with Crippen molar-refractivity contribution in [2.75, 3.05) is 12.4 Å². The number of anilines is 1. The molecule has 0 unspecified atom stereocenters. The van der Waals surface area contributed by atoms with Crippen LogP contribution in [0.1, 0.15) is 5.76 Å². The van der Waals surface area contributed by atoms with E-state index in [9.17, 15) is 9.59 Å². The van der Waals surface area contributed by atoms with Crippen LogP contribution < -0.4 is 5.32 Å². The number of ether oxygens (including phenoxy) is 1. The molecule has 0 fully saturated rings. The molecule has 70 valence electrons. The maximum atomic E-state index is 10.9. The number of amides is 1. The summed E-state index contributed by atoms with van der Waals surface area (Å²) in [6.45, 7) is 1.73. The topological polar surface area (TPSA) is 68.5 Å². The van der Waals surface area contributed by atoms with Crippen LogP contribution in [-0.4, -0.2) is 19.0 Å². The molecule has 0 spiro atoms. The van der Waals surface area contributed by atoms with Gasteiger partial charge in [-0.05, 0) is 13.0 Å². The molecule has 13 heavy (non-hydrogen) atoms. The van der Waals surface area contributed by atoms with Gasteiger partial charge in [0.15, 0.2) is 5.88 Å². The lowest BCUT2D eigenvalue weighted by atomic mass is 10.5. The number of rotatable bonds is 1. The largest absolute Gasteiger partial charge is 0.462 e. The van der Waals surface area contributed by atoms with E-state index < -0.39 is 11.9 Å². The van der Waals surface area contributed by atoms with Crippen molar-refractivity contribution >= 4 is 17.8 Å². The van der Waals surface area contributed by atoms with Gasteiger partial charge in [-0.1, -0.05) is 0 Å². The van der Waals surface area contributed by atoms with Crippen molar-refractivity contribution in [3.8, 4) is 0 Å². The van der Waals surface area contributed by atoms with Crippen LogP contribution in [0.15, 0.2) is 16.5 Å². The van der Waals surface area contributed by atoms with Crippen molar-refractivity contribution in [2.45, 2.75) is 6.92 Å². The lowest BCUT2D eigenvalue weighted by molar-refractivity contribution is -0.150. The van der Waals surface area contributed by atoms with E-state index >= 15 is 0 Å². The van der Waals surface area contributed by atoms with Crippen LogP contribution >= 0.6 is 0 Å². The molecule has 1 rings (SSSR count). The number of carbonyl (C=O) groups excluding carboxylic acids is 2. The SMILES string of the molecule is COC(=O)C(=O)Nc1ccc(C)o1. The molecular weight excluding hydrogens is 174 g/mol. The Bertz CT molecular complexity index is 329. The normalized spacial score (nSPS) is 9.38. The summed E-state index contributed by atoms with van der Waals surface area (Å²) in [5.74, 6) is -0.918. The third-order valence-corrected chi connectivity index (χ3v) is 1.35. The third kappa shape index (κ3) is 2.33. The van der Waals surface area contributed by atoms with Crippen molar-refractivity contribution in [1.82, 2.24) is 0 Å². The minimum absolute atomic E-state index is 0.230. The predicted molar refractivity (Wildman–Crippen MR) is 44.1 cm³/mol. The van der Waals surface area contributed by atoms with E-state index in [0.29, 0.717) is 5.76 Å². The van der Waals surface area contributed by atoms with E-state index in [1.165, 1.54) is 0 Å². The Morgan fingerprint density at radius 3 is 2.62 bits per heavy atom. The van der Waals surface area contributed by atoms with E-state index in [1.54, 1.807) is 19.1 Å². The maximum absolute atomic E-state index is 10.9. The minimum Gasteiger partial charge on any atom is -0.462 e. The maximum Gasteiger partial charge on any atom is 0.396 e. The van der Waals surface area contributed by atoms with Crippen molar-refractivity contribution < 1.29 is 18.7 Å². The van der Waals surface area contributed by atoms with E-state index in [-0.39, 0.29) is 5.88 Å². The van der Waals surface area contributed by atoms with E-state index in [1.807, 2.05) is 0 Å². The minimum atomic E-state index is -0.950. The van der Waals surface area contributed by atoms with Crippen LogP contribution in [0.4, 0.5) is 5.88 Å². The number of carbonyl (C=O) groups is 2. The second kappa shape index (κ2) is 3.75. The van der Waals surface area contributed by atoms with Crippen LogP contribution in [0.25, 0.3) is 0 Å². The zero-order chi connectivity index (χ0) is 9.84. The summed E-state index contributed by atoms with van der Waals surface area (Å²) in [6, 6.07) is 3.23. The number of hydrogen-bond donors (Lipinski definition) is 1. The van der Waals surface area contributed by atoms with E-state index in [2.05, 4.69) is 10.1 Å². The van der Waals surface area contributed by atoms with Gasteiger partial charge in [0, 0.05) is 6.07 Å². The Kier molecular flexibility index (Phi) is 2.69. The Balaban J connectivity index is 2.60. The molecule has 0 bridgehead atoms. The monoisotopic (exact) mass is 183 g/mol. The van der Waals surface area contributed by atoms with Gasteiger partial charge in [-0.15, -0.1) is 0 Å². The van der Waals surface area contributed by atoms with Gasteiger partial charge in [0.05, 0.1) is 7.11 Å². The molecule has 0 aliphatic heterocycles. The fourth-order valence-corrected chi connectivity index (χ4v) is 0.757. The molecule has 0 aliphatic rings. The highest BCUT2D eigenvalue weighted by Gasteiger charge is 2.14. The molecule has 0 saturated heterocycles. The van der Waals surface area contributed by atoms with Crippen molar-refractivity contribution in [3.05, 3.63) is 17.9 Å². The molecule has 0 radical (unpaired) electrons. The van der Waals surface area contributed by atoms with Gasteiger partial charge in [0.1, 0.15) is 5.76 Å². The predicted octanol–water partition coefficient (Wildman–Crippen LogP) is 0.700. The van der Waals surface area contributed by atoms with Crippen LogP contribution in [0.3, 0.4) is 0 Å². The molecule has 0 aliphatic carbocycles. The van der Waals surface area contributed by atoms with E-state index in [4.69, 9.17) is 4.42 Å². The van der Waals surface area contributed by atoms with Crippen molar-refractivity contribution in [3.63, 3.8) is 0 Å². The fourth-order valence-electron chi connectivity index (χ4n) is 0.757. The highest BCUT2D eigenvalue weighted by atomic mass is 16.5. The second-order valence-electron chi connectivity index (χ2n) is 2.36. The van der Waals surface area contributed by atoms with Gasteiger partial charge in [-0.25, -0.2) is 4.79 Å². The zero-order valence-electron chi connectivity index (χ0n) is 7.29. The van der Waals surface area contributed by atoms with Gasteiger partial charge in [0.2, 0.25) is 0 Å². The van der Waals surface area contributed by atoms with Crippen LogP contribution in [0.5, 0.6) is 0 Å². The summed E-state index contributed by atoms with van der Waals surface area (Å²) in [6.07, 6.45) is 0. The Hall–Kier alpha value is -1.78. The molecule has 1 aromatic rings. The summed E-state index contributed by atoms with van der Waals surface area (Å²) in [5.41, 5.74) is 0. The molecule has 0 atom stereocenters. The average Bonchev–Trinajstić information content (AvgIpc) is 2.49. The summed E-state index contributed by atoms with van der Waals surface area (Å²) in [7, 11) is 1.13. The first-order valence-electron chi connectivity index (χ1n) is 3.59. The number of nitrogens with one attached hydrogen (secondary N) is 1. The number of esters is 1. The highest BCUT2D eigenvalue weighted by Crippen LogP contribution is 2.11. The molecule has 1 amide bonds. The molecule has 5 heteroatoms. The van der Waals surface area contributed by atoms with Gasteiger partial charge >= 0.3 is 11.9 Å². The van der Waals surface area contributed by atoms with Crippen LogP contribution in [0.2, 0.25) is 0 Å². The number of furan rings is 1. The number of hydrogen-bond acceptors (Lipinski definition) is 4. The first-order valence-corrected chi connectivity index (χ1v) is 3.59. The van der Waals surface area contributed by atoms with Crippen LogP contribution in [0, 0.1) is 6.92 Å². The quantitative estimate of drug-likeness (QED) is 0.514. The first kappa shape index (κ1) is 9.31. The Morgan fingerprint density at radius 1 is 1.46 bits per heavy atom. The Morgan fingerprint density at radius 2 is 2.15 bits per heavy atom. The van der Waals surface area contributed by atoms with Crippen molar-refractivity contribution in [2.24, 2.45) is 0 Å². The molecule has 5 nitrogen and oxygen atoms in total. The molecule has 1 N–H and O–H groups in total. The third-order valence-electron chi connectivity index (χ3n) is 1.35. The number of methoxy groups -OCH3 is 1. The fraction of sp³-hybridized carbons (Fsp3) is 0.250. The first-order chi connectivity index (χ1) is 6.13. The smallest absolute Gasteiger partial charge is 0.396 e. The van der Waals surface area contributed by atoms with Gasteiger partial charge in [0.25, 0.3) is 0 Å². The van der Waals surface area contributed by atoms with Gasteiger partial charge in [-0.3, -0.25) is 10.1 Å². The van der Waals surface area contributed by atoms with E-state index in [0.717, 1.165) is 7.11 Å². The average molecular weight is 183 g/mol. The molecule has 0 saturated carbocycles. The van der Waals surface area contributed by atoms with Gasteiger partial charge < -0.3 is 9.15 Å². The summed E-state index contributed by atoms with van der Waals surface area (Å²) in [5, 5.41) is 2.23. The molecular formula is C8H9NO4. The summed E-state index contributed by atoms with van der Waals surface area (Å²) >= 11 is 0. The lowest BCUT2D eigenvalue weighted by Crippen LogP contribution is -2.23. The zero-order valence-corrected chi connectivity index (χ0v) is 7.29. The molecule has 1 heterocycles. The number of aryl methyl sites for hydroxylation is 1. The lowest BCUT2D eigenvalue weighted by Gasteiger charge is -1.98. The standard InChI is InChI=1S/C8H9NO4/c1-5-3-4-6(13-5)9-7(10)8(11)12-2/h3-4H,1-2H3,(H,9,10). The second-order valence-corrected chi connectivity index (χ2v) is 2.36. The van der Waals surface area contributed by atoms with Crippen molar-refractivity contribution in [1.29, 1.82) is 0 Å². The Labute approximate surface area is 74.7 Å². The highest BCUT2D eigenvalue weighted by molar-refractivity contribution is 6.37. The molecule has 1 aromatic heterocycles.